The summed E-state index contributed by atoms with van der Waals surface area (Å²) in [5.74, 6) is 1.03. The van der Waals surface area contributed by atoms with E-state index in [1.165, 1.54) is 11.8 Å². The van der Waals surface area contributed by atoms with Crippen LogP contribution in [-0.2, 0) is 17.1 Å². The van der Waals surface area contributed by atoms with Gasteiger partial charge in [-0.1, -0.05) is 35.5 Å². The number of para-hydroxylation sites is 1. The zero-order valence-electron chi connectivity index (χ0n) is 15.2. The molecule has 8 heteroatoms. The molecule has 7 nitrogen and oxygen atoms in total. The Morgan fingerprint density at radius 1 is 1.26 bits per heavy atom. The van der Waals surface area contributed by atoms with E-state index in [0.29, 0.717) is 34.8 Å². The van der Waals surface area contributed by atoms with Crippen molar-refractivity contribution < 1.29 is 9.32 Å². The largest absolute Gasteiger partial charge is 0.370 e. The molecule has 1 aromatic carbocycles. The van der Waals surface area contributed by atoms with Gasteiger partial charge in [-0.15, -0.1) is 0 Å². The molecule has 0 fully saturated rings. The molecule has 0 spiro atoms. The molecule has 0 unspecified atom stereocenters. The number of unbranched alkanes of at least 4 members (excludes halogenated alkanes) is 2. The van der Waals surface area contributed by atoms with E-state index in [4.69, 9.17) is 10.3 Å². The van der Waals surface area contributed by atoms with Gasteiger partial charge in [0.2, 0.25) is 5.91 Å². The SMILES string of the molecule is Cc1cc(CSc2nc3ccccc3c(=O)n2CCCCCC(N)=O)no1. The maximum absolute atomic E-state index is 12.9. The maximum Gasteiger partial charge on any atom is 0.262 e. The second kappa shape index (κ2) is 8.85. The van der Waals surface area contributed by atoms with Gasteiger partial charge in [-0.05, 0) is 31.9 Å². The van der Waals surface area contributed by atoms with Crippen LogP contribution in [0.15, 0.2) is 44.8 Å². The number of rotatable bonds is 9. The van der Waals surface area contributed by atoms with E-state index in [1.807, 2.05) is 31.2 Å². The Labute approximate surface area is 160 Å². The van der Waals surface area contributed by atoms with Gasteiger partial charge in [0.05, 0.1) is 16.6 Å². The molecule has 0 aliphatic carbocycles. The Hall–Kier alpha value is -2.61. The van der Waals surface area contributed by atoms with Crippen molar-refractivity contribution >= 4 is 28.6 Å². The lowest BCUT2D eigenvalue weighted by Crippen LogP contribution is -2.23. The molecule has 1 amide bonds. The fourth-order valence-corrected chi connectivity index (χ4v) is 3.73. The average Bonchev–Trinajstić information content (AvgIpc) is 3.06. The number of carbonyl (C=O) groups excluding carboxylic acids is 1. The van der Waals surface area contributed by atoms with E-state index in [-0.39, 0.29) is 11.5 Å². The van der Waals surface area contributed by atoms with E-state index in [1.54, 1.807) is 10.6 Å². The third kappa shape index (κ3) is 4.97. The fourth-order valence-electron chi connectivity index (χ4n) is 2.83. The van der Waals surface area contributed by atoms with E-state index >= 15 is 0 Å². The number of carbonyl (C=O) groups is 1. The molecular weight excluding hydrogens is 364 g/mol. The summed E-state index contributed by atoms with van der Waals surface area (Å²) in [6.45, 7) is 2.40. The standard InChI is InChI=1S/C19H22N4O3S/c1-13-11-14(22-26-13)12-27-19-21-16-8-5-4-7-15(16)18(25)23(19)10-6-2-3-9-17(20)24/h4-5,7-8,11H,2-3,6,9-10,12H2,1H3,(H2,20,24). The van der Waals surface area contributed by atoms with Crippen LogP contribution >= 0.6 is 11.8 Å². The Balaban J connectivity index is 1.80. The van der Waals surface area contributed by atoms with Crippen LogP contribution in [0.4, 0.5) is 0 Å². The summed E-state index contributed by atoms with van der Waals surface area (Å²) in [4.78, 5) is 28.5. The molecule has 3 rings (SSSR count). The van der Waals surface area contributed by atoms with Gasteiger partial charge in [-0.2, -0.15) is 0 Å². The van der Waals surface area contributed by atoms with Crippen molar-refractivity contribution in [2.24, 2.45) is 5.73 Å². The molecule has 0 atom stereocenters. The molecular formula is C19H22N4O3S. The predicted octanol–water partition coefficient (Wildman–Crippen LogP) is 3.03. The zero-order chi connectivity index (χ0) is 19.2. The lowest BCUT2D eigenvalue weighted by Gasteiger charge is -2.12. The third-order valence-electron chi connectivity index (χ3n) is 4.16. The summed E-state index contributed by atoms with van der Waals surface area (Å²) < 4.78 is 6.81. The van der Waals surface area contributed by atoms with Crippen molar-refractivity contribution in [3.05, 3.63) is 52.1 Å². The summed E-state index contributed by atoms with van der Waals surface area (Å²) >= 11 is 1.47. The molecule has 27 heavy (non-hydrogen) atoms. The molecule has 0 saturated carbocycles. The first-order valence-corrected chi connectivity index (χ1v) is 9.86. The Morgan fingerprint density at radius 2 is 2.07 bits per heavy atom. The number of nitrogens with two attached hydrogens (primary N) is 1. The van der Waals surface area contributed by atoms with Crippen molar-refractivity contribution in [1.29, 1.82) is 0 Å². The highest BCUT2D eigenvalue weighted by molar-refractivity contribution is 7.98. The number of benzene rings is 1. The van der Waals surface area contributed by atoms with Crippen LogP contribution in [-0.4, -0.2) is 20.6 Å². The minimum Gasteiger partial charge on any atom is -0.370 e. The van der Waals surface area contributed by atoms with Crippen molar-refractivity contribution in [2.75, 3.05) is 0 Å². The first-order chi connectivity index (χ1) is 13.0. The second-order valence-corrected chi connectivity index (χ2v) is 7.31. The average molecular weight is 386 g/mol. The van der Waals surface area contributed by atoms with Gasteiger partial charge >= 0.3 is 0 Å². The predicted molar refractivity (Wildman–Crippen MR) is 104 cm³/mol. The number of nitrogens with zero attached hydrogens (tertiary/aromatic N) is 3. The molecule has 0 aliphatic rings. The summed E-state index contributed by atoms with van der Waals surface area (Å²) in [5, 5.41) is 5.26. The Morgan fingerprint density at radius 3 is 2.81 bits per heavy atom. The van der Waals surface area contributed by atoms with Gasteiger partial charge in [0.15, 0.2) is 5.16 Å². The normalized spacial score (nSPS) is 11.1. The van der Waals surface area contributed by atoms with Crippen molar-refractivity contribution in [1.82, 2.24) is 14.7 Å². The minimum absolute atomic E-state index is 0.0469. The van der Waals surface area contributed by atoms with Crippen molar-refractivity contribution in [3.8, 4) is 0 Å². The monoisotopic (exact) mass is 386 g/mol. The number of aryl methyl sites for hydroxylation is 1. The summed E-state index contributed by atoms with van der Waals surface area (Å²) in [6.07, 6.45) is 2.71. The lowest BCUT2D eigenvalue weighted by molar-refractivity contribution is -0.118. The van der Waals surface area contributed by atoms with Gasteiger partial charge < -0.3 is 10.3 Å². The van der Waals surface area contributed by atoms with Crippen LogP contribution in [0.1, 0.15) is 37.1 Å². The number of aromatic nitrogens is 3. The third-order valence-corrected chi connectivity index (χ3v) is 5.17. The zero-order valence-corrected chi connectivity index (χ0v) is 16.0. The fraction of sp³-hybridized carbons (Fsp3) is 0.368. The number of hydrogen-bond acceptors (Lipinski definition) is 6. The molecule has 3 aromatic rings. The van der Waals surface area contributed by atoms with E-state index in [9.17, 15) is 9.59 Å². The van der Waals surface area contributed by atoms with Crippen LogP contribution < -0.4 is 11.3 Å². The number of primary amides is 1. The lowest BCUT2D eigenvalue weighted by atomic mass is 10.2. The number of hydrogen-bond donors (Lipinski definition) is 1. The number of amides is 1. The molecule has 2 N–H and O–H groups in total. The summed E-state index contributed by atoms with van der Waals surface area (Å²) in [7, 11) is 0. The first-order valence-electron chi connectivity index (χ1n) is 8.87. The summed E-state index contributed by atoms with van der Waals surface area (Å²) in [5.41, 5.74) is 6.62. The quantitative estimate of drug-likeness (QED) is 0.344. The first kappa shape index (κ1) is 19.2. The van der Waals surface area contributed by atoms with Gasteiger partial charge in [0.1, 0.15) is 5.76 Å². The molecule has 142 valence electrons. The smallest absolute Gasteiger partial charge is 0.262 e. The highest BCUT2D eigenvalue weighted by Crippen LogP contribution is 2.22. The highest BCUT2D eigenvalue weighted by Gasteiger charge is 2.12. The molecule has 0 radical (unpaired) electrons. The van der Waals surface area contributed by atoms with E-state index in [2.05, 4.69) is 10.1 Å². The van der Waals surface area contributed by atoms with Crippen LogP contribution in [0.3, 0.4) is 0 Å². The Bertz CT molecular complexity index is 996. The van der Waals surface area contributed by atoms with Gasteiger partial charge in [0, 0.05) is 24.8 Å². The van der Waals surface area contributed by atoms with Gasteiger partial charge in [-0.3, -0.25) is 14.2 Å². The van der Waals surface area contributed by atoms with E-state index in [0.717, 1.165) is 30.7 Å². The van der Waals surface area contributed by atoms with Crippen LogP contribution in [0.2, 0.25) is 0 Å². The second-order valence-electron chi connectivity index (χ2n) is 6.36. The molecule has 2 heterocycles. The van der Waals surface area contributed by atoms with Crippen molar-refractivity contribution in [2.45, 2.75) is 50.1 Å². The summed E-state index contributed by atoms with van der Waals surface area (Å²) in [6, 6.07) is 9.23. The minimum atomic E-state index is -0.293. The molecule has 0 aliphatic heterocycles. The van der Waals surface area contributed by atoms with E-state index < -0.39 is 0 Å². The molecule has 0 saturated heterocycles. The molecule has 0 bridgehead atoms. The number of thioether (sulfide) groups is 1. The Kier molecular flexibility index (Phi) is 6.28. The maximum atomic E-state index is 12.9. The highest BCUT2D eigenvalue weighted by atomic mass is 32.2. The molecule has 2 aromatic heterocycles. The van der Waals surface area contributed by atoms with Gasteiger partial charge in [0.25, 0.3) is 5.56 Å². The van der Waals surface area contributed by atoms with Crippen molar-refractivity contribution in [3.63, 3.8) is 0 Å². The van der Waals surface area contributed by atoms with Crippen LogP contribution in [0.25, 0.3) is 10.9 Å². The topological polar surface area (TPSA) is 104 Å². The number of fused-ring (bicyclic) bond motifs is 1. The van der Waals surface area contributed by atoms with Crippen LogP contribution in [0.5, 0.6) is 0 Å². The van der Waals surface area contributed by atoms with Gasteiger partial charge in [-0.25, -0.2) is 4.98 Å². The van der Waals surface area contributed by atoms with Crippen LogP contribution in [0, 0.1) is 6.92 Å².